The number of hydrogen-bond donors (Lipinski definition) is 1. The van der Waals surface area contributed by atoms with Crippen LogP contribution in [-0.4, -0.2) is 26.7 Å². The molecule has 0 aliphatic rings. The summed E-state index contributed by atoms with van der Waals surface area (Å²) in [5.74, 6) is -1.71. The van der Waals surface area contributed by atoms with Gasteiger partial charge in [0.2, 0.25) is 0 Å². The molecule has 1 unspecified atom stereocenters. The lowest BCUT2D eigenvalue weighted by molar-refractivity contribution is -0.0398. The molecule has 4 nitrogen and oxygen atoms in total. The van der Waals surface area contributed by atoms with E-state index >= 15 is 0 Å². The summed E-state index contributed by atoms with van der Waals surface area (Å²) < 4.78 is 55.4. The van der Waals surface area contributed by atoms with Gasteiger partial charge in [0.15, 0.2) is 5.82 Å². The number of alkyl halides is 3. The van der Waals surface area contributed by atoms with Crippen LogP contribution in [0.5, 0.6) is 5.88 Å². The molecular formula is C11H8ClF4N3OS. The van der Waals surface area contributed by atoms with E-state index in [-0.39, 0.29) is 16.4 Å². The summed E-state index contributed by atoms with van der Waals surface area (Å²) in [4.78, 5) is 11.2. The van der Waals surface area contributed by atoms with Gasteiger partial charge in [-0.3, -0.25) is 4.98 Å². The van der Waals surface area contributed by atoms with Gasteiger partial charge in [0, 0.05) is 18.0 Å². The predicted molar refractivity (Wildman–Crippen MR) is 71.8 cm³/mol. The topological polar surface area (TPSA) is 47.9 Å². The second-order valence-corrected chi connectivity index (χ2v) is 5.86. The molecule has 0 amide bonds. The van der Waals surface area contributed by atoms with Gasteiger partial charge in [0.25, 0.3) is 5.88 Å². The molecule has 2 aromatic heterocycles. The first kappa shape index (κ1) is 15.8. The van der Waals surface area contributed by atoms with Crippen molar-refractivity contribution >= 4 is 22.8 Å². The second kappa shape index (κ2) is 6.02. The number of hydrogen-bond acceptors (Lipinski definition) is 4. The van der Waals surface area contributed by atoms with E-state index in [4.69, 9.17) is 11.6 Å². The smallest absolute Gasteiger partial charge is 0.421 e. The Hall–Kier alpha value is -1.61. The van der Waals surface area contributed by atoms with E-state index in [2.05, 4.69) is 19.1 Å². The molecule has 2 rings (SSSR count). The molecule has 0 spiro atoms. The number of halogens is 5. The van der Waals surface area contributed by atoms with E-state index < -0.39 is 28.4 Å². The van der Waals surface area contributed by atoms with Gasteiger partial charge in [-0.1, -0.05) is 11.6 Å². The first-order valence-corrected chi connectivity index (χ1v) is 7.48. The van der Waals surface area contributed by atoms with E-state index in [9.17, 15) is 17.6 Å². The Morgan fingerprint density at radius 3 is 2.38 bits per heavy atom. The molecule has 0 radical (unpaired) electrons. The maximum Gasteiger partial charge on any atom is 0.453 e. The van der Waals surface area contributed by atoms with Crippen LogP contribution in [0.15, 0.2) is 24.7 Å². The number of thiol groups is 1. The fourth-order valence-electron chi connectivity index (χ4n) is 1.28. The summed E-state index contributed by atoms with van der Waals surface area (Å²) in [5, 5.41) is 0.161. The van der Waals surface area contributed by atoms with Crippen molar-refractivity contribution in [2.45, 2.75) is 5.51 Å². The minimum absolute atomic E-state index is 0.161. The van der Waals surface area contributed by atoms with Crippen molar-refractivity contribution < 1.29 is 21.7 Å². The van der Waals surface area contributed by atoms with Gasteiger partial charge in [-0.15, -0.1) is 0 Å². The summed E-state index contributed by atoms with van der Waals surface area (Å²) in [5.41, 5.74) is -4.01. The highest BCUT2D eigenvalue weighted by molar-refractivity contribution is 8.13. The van der Waals surface area contributed by atoms with Crippen LogP contribution in [-0.2, 0) is 0 Å². The third-order valence-corrected chi connectivity index (χ3v) is 3.66. The maximum absolute atomic E-state index is 13.7. The Kier molecular flexibility index (Phi) is 4.52. The summed E-state index contributed by atoms with van der Waals surface area (Å²) in [6.07, 6.45) is 4.53. The zero-order chi connectivity index (χ0) is 15.6. The van der Waals surface area contributed by atoms with Crippen molar-refractivity contribution in [3.8, 4) is 17.1 Å². The molecular weight excluding hydrogens is 334 g/mol. The van der Waals surface area contributed by atoms with Crippen molar-refractivity contribution in [2.75, 3.05) is 6.26 Å². The molecule has 0 fully saturated rings. The second-order valence-electron chi connectivity index (χ2n) is 3.79. The lowest BCUT2D eigenvalue weighted by atomic mass is 10.2. The zero-order valence-corrected chi connectivity index (χ0v) is 12.0. The molecule has 2 aromatic rings. The van der Waals surface area contributed by atoms with Crippen LogP contribution in [0, 0.1) is 5.82 Å². The molecule has 0 bridgehead atoms. The predicted octanol–water partition coefficient (Wildman–Crippen LogP) is 3.78. The number of rotatable bonds is 3. The number of nitrogens with zero attached hydrogens (tertiary/aromatic N) is 3. The molecule has 0 N–H and O–H groups in total. The van der Waals surface area contributed by atoms with Crippen LogP contribution in [0.4, 0.5) is 17.6 Å². The van der Waals surface area contributed by atoms with Crippen LogP contribution in [0.25, 0.3) is 11.3 Å². The maximum atomic E-state index is 13.7. The van der Waals surface area contributed by atoms with Crippen molar-refractivity contribution in [1.82, 2.24) is 15.0 Å². The van der Waals surface area contributed by atoms with Crippen LogP contribution < -0.4 is 4.18 Å². The molecule has 1 atom stereocenters. The molecule has 10 heteroatoms. The Balaban J connectivity index is 2.23. The van der Waals surface area contributed by atoms with Gasteiger partial charge in [0.1, 0.15) is 5.15 Å². The number of pyridine rings is 1. The van der Waals surface area contributed by atoms with Crippen molar-refractivity contribution in [3.05, 3.63) is 35.6 Å². The van der Waals surface area contributed by atoms with E-state index in [0.29, 0.717) is 0 Å². The molecule has 21 heavy (non-hydrogen) atoms. The zero-order valence-electron chi connectivity index (χ0n) is 10.4. The normalized spacial score (nSPS) is 13.9. The molecule has 0 saturated heterocycles. The average molecular weight is 342 g/mol. The Bertz CT molecular complexity index is 638. The van der Waals surface area contributed by atoms with Crippen molar-refractivity contribution in [2.24, 2.45) is 0 Å². The van der Waals surface area contributed by atoms with E-state index in [1.54, 1.807) is 0 Å². The third kappa shape index (κ3) is 3.94. The lowest BCUT2D eigenvalue weighted by Gasteiger charge is -2.20. The average Bonchev–Trinajstić information content (AvgIpc) is 2.41. The molecule has 0 aromatic carbocycles. The summed E-state index contributed by atoms with van der Waals surface area (Å²) in [6, 6.07) is 0.972. The van der Waals surface area contributed by atoms with Crippen LogP contribution in [0.2, 0.25) is 5.15 Å². The minimum atomic E-state index is -4.54. The number of aromatic nitrogens is 3. The van der Waals surface area contributed by atoms with Gasteiger partial charge < -0.3 is 4.18 Å². The molecule has 114 valence electrons. The molecule has 2 heterocycles. The highest BCUT2D eigenvalue weighted by Crippen LogP contribution is 2.43. The fraction of sp³-hybridized carbons (Fsp3) is 0.182. The first-order chi connectivity index (χ1) is 9.77. The summed E-state index contributed by atoms with van der Waals surface area (Å²) in [7, 11) is 0. The minimum Gasteiger partial charge on any atom is -0.421 e. The van der Waals surface area contributed by atoms with Gasteiger partial charge in [-0.2, -0.15) is 13.2 Å². The van der Waals surface area contributed by atoms with E-state index in [0.717, 1.165) is 18.5 Å². The Morgan fingerprint density at radius 1 is 1.14 bits per heavy atom. The van der Waals surface area contributed by atoms with Gasteiger partial charge in [-0.05, 0) is 17.2 Å². The first-order valence-electron chi connectivity index (χ1n) is 5.39. The lowest BCUT2D eigenvalue weighted by Crippen LogP contribution is -2.12. The summed E-state index contributed by atoms with van der Waals surface area (Å²) in [6.45, 7) is 0. The molecule has 0 saturated carbocycles. The largest absolute Gasteiger partial charge is 0.453 e. The van der Waals surface area contributed by atoms with E-state index in [1.807, 2.05) is 0 Å². The molecule has 0 aliphatic heterocycles. The Morgan fingerprint density at radius 2 is 1.86 bits per heavy atom. The highest BCUT2D eigenvalue weighted by atomic mass is 35.5. The summed E-state index contributed by atoms with van der Waals surface area (Å²) >= 11 is 2.74. The van der Waals surface area contributed by atoms with Gasteiger partial charge in [-0.25, -0.2) is 14.4 Å². The monoisotopic (exact) mass is 341 g/mol. The third-order valence-electron chi connectivity index (χ3n) is 2.30. The van der Waals surface area contributed by atoms with Gasteiger partial charge >= 0.3 is 5.51 Å². The van der Waals surface area contributed by atoms with Crippen LogP contribution in [0.1, 0.15) is 0 Å². The van der Waals surface area contributed by atoms with Crippen LogP contribution in [0.3, 0.4) is 0 Å². The standard InChI is InChI=1S/C11H8ClF4N3OS/c1-21(11(14,15)16)20-10-7(13)2-6(3-19-10)8-4-18-9(12)5-17-8/h2-5,21H,1H3. The van der Waals surface area contributed by atoms with Crippen molar-refractivity contribution in [3.63, 3.8) is 0 Å². The molecule has 0 aliphatic carbocycles. The fourth-order valence-corrected chi connectivity index (χ4v) is 1.87. The van der Waals surface area contributed by atoms with Gasteiger partial charge in [0.05, 0.1) is 18.1 Å². The Labute approximate surface area is 124 Å². The van der Waals surface area contributed by atoms with E-state index in [1.165, 1.54) is 12.4 Å². The van der Waals surface area contributed by atoms with Crippen molar-refractivity contribution in [1.29, 1.82) is 0 Å². The van der Waals surface area contributed by atoms with Crippen LogP contribution >= 0.6 is 22.8 Å². The SMILES string of the molecule is C[SH](Oc1ncc(-c2cnc(Cl)cn2)cc1F)C(F)(F)F. The highest BCUT2D eigenvalue weighted by Gasteiger charge is 2.35. The quantitative estimate of drug-likeness (QED) is 0.682.